The summed E-state index contributed by atoms with van der Waals surface area (Å²) >= 11 is 0. The van der Waals surface area contributed by atoms with Gasteiger partial charge in [0.05, 0.1) is 11.8 Å². The molecule has 1 N–H and O–H groups in total. The van der Waals surface area contributed by atoms with Crippen LogP contribution in [0.4, 0.5) is 0 Å². The summed E-state index contributed by atoms with van der Waals surface area (Å²) in [5.41, 5.74) is 0.906. The Kier molecular flexibility index (Phi) is 5.13. The Balaban J connectivity index is 2.82. The highest BCUT2D eigenvalue weighted by Crippen LogP contribution is 2.27. The maximum atomic E-state index is 12.4. The minimum absolute atomic E-state index is 0.0720. The van der Waals surface area contributed by atoms with E-state index in [9.17, 15) is 14.7 Å². The molecular formula is C14H21NO3. The van der Waals surface area contributed by atoms with E-state index in [0.29, 0.717) is 25.9 Å². The van der Waals surface area contributed by atoms with Gasteiger partial charge in [0.1, 0.15) is 0 Å². The number of rotatable bonds is 5. The molecule has 0 aromatic carbocycles. The summed E-state index contributed by atoms with van der Waals surface area (Å²) in [6.45, 7) is 8.65. The smallest absolute Gasteiger partial charge is 0.307 e. The van der Waals surface area contributed by atoms with Gasteiger partial charge < -0.3 is 10.0 Å². The number of carbonyl (C=O) groups is 2. The van der Waals surface area contributed by atoms with Gasteiger partial charge in [-0.05, 0) is 26.7 Å². The van der Waals surface area contributed by atoms with Crippen molar-refractivity contribution in [1.29, 1.82) is 0 Å². The Morgan fingerprint density at radius 2 is 1.89 bits per heavy atom. The fourth-order valence-electron chi connectivity index (χ4n) is 2.27. The largest absolute Gasteiger partial charge is 0.481 e. The molecule has 1 aliphatic carbocycles. The first-order valence-corrected chi connectivity index (χ1v) is 6.28. The van der Waals surface area contributed by atoms with Crippen LogP contribution in [0, 0.1) is 11.8 Å². The normalized spacial score (nSPS) is 22.6. The summed E-state index contributed by atoms with van der Waals surface area (Å²) < 4.78 is 0. The van der Waals surface area contributed by atoms with Gasteiger partial charge in [0.2, 0.25) is 5.91 Å². The highest BCUT2D eigenvalue weighted by molar-refractivity contribution is 5.85. The molecule has 100 valence electrons. The third-order valence-electron chi connectivity index (χ3n) is 3.22. The first-order valence-electron chi connectivity index (χ1n) is 6.28. The van der Waals surface area contributed by atoms with Crippen LogP contribution in [-0.4, -0.2) is 35.0 Å². The van der Waals surface area contributed by atoms with Crippen molar-refractivity contribution in [2.75, 3.05) is 13.1 Å². The lowest BCUT2D eigenvalue weighted by Gasteiger charge is -2.30. The lowest BCUT2D eigenvalue weighted by atomic mass is 9.82. The second kappa shape index (κ2) is 6.38. The molecule has 0 heterocycles. The molecule has 0 aliphatic heterocycles. The molecule has 0 fully saturated rings. The van der Waals surface area contributed by atoms with Crippen LogP contribution in [0.1, 0.15) is 26.7 Å². The van der Waals surface area contributed by atoms with Gasteiger partial charge in [0.15, 0.2) is 0 Å². The van der Waals surface area contributed by atoms with E-state index in [-0.39, 0.29) is 5.91 Å². The molecule has 4 heteroatoms. The number of nitrogens with zero attached hydrogens (tertiary/aromatic N) is 1. The molecule has 1 amide bonds. The van der Waals surface area contributed by atoms with Crippen LogP contribution in [0.3, 0.4) is 0 Å². The van der Waals surface area contributed by atoms with Crippen molar-refractivity contribution < 1.29 is 14.7 Å². The van der Waals surface area contributed by atoms with E-state index in [0.717, 1.165) is 5.57 Å². The van der Waals surface area contributed by atoms with Crippen molar-refractivity contribution in [1.82, 2.24) is 4.90 Å². The molecule has 0 radical (unpaired) electrons. The van der Waals surface area contributed by atoms with E-state index < -0.39 is 17.8 Å². The highest BCUT2D eigenvalue weighted by atomic mass is 16.4. The zero-order chi connectivity index (χ0) is 13.7. The predicted octanol–water partition coefficient (Wildman–Crippen LogP) is 2.08. The lowest BCUT2D eigenvalue weighted by molar-refractivity contribution is -0.150. The van der Waals surface area contributed by atoms with Crippen molar-refractivity contribution >= 4 is 11.9 Å². The Morgan fingerprint density at radius 1 is 1.33 bits per heavy atom. The average Bonchev–Trinajstić information content (AvgIpc) is 2.34. The minimum Gasteiger partial charge on any atom is -0.481 e. The first kappa shape index (κ1) is 14.5. The first-order chi connectivity index (χ1) is 8.47. The summed E-state index contributed by atoms with van der Waals surface area (Å²) in [7, 11) is 0. The Labute approximate surface area is 108 Å². The number of carbonyl (C=O) groups excluding carboxylic acids is 1. The van der Waals surface area contributed by atoms with Gasteiger partial charge in [0, 0.05) is 13.1 Å². The second-order valence-electron chi connectivity index (χ2n) is 4.80. The van der Waals surface area contributed by atoms with Crippen LogP contribution in [0.2, 0.25) is 0 Å². The number of hydrogen-bond acceptors (Lipinski definition) is 2. The van der Waals surface area contributed by atoms with Crippen LogP contribution in [0.5, 0.6) is 0 Å². The van der Waals surface area contributed by atoms with Crippen LogP contribution in [0.25, 0.3) is 0 Å². The third kappa shape index (κ3) is 3.45. The van der Waals surface area contributed by atoms with Crippen LogP contribution >= 0.6 is 0 Å². The average molecular weight is 251 g/mol. The van der Waals surface area contributed by atoms with Crippen molar-refractivity contribution in [3.8, 4) is 0 Å². The molecule has 0 spiro atoms. The molecule has 18 heavy (non-hydrogen) atoms. The van der Waals surface area contributed by atoms with E-state index in [1.807, 2.05) is 26.0 Å². The van der Waals surface area contributed by atoms with Gasteiger partial charge in [-0.1, -0.05) is 24.3 Å². The van der Waals surface area contributed by atoms with Crippen molar-refractivity contribution in [2.45, 2.75) is 26.7 Å². The number of hydrogen-bond donors (Lipinski definition) is 1. The third-order valence-corrected chi connectivity index (χ3v) is 3.22. The molecule has 0 aromatic heterocycles. The highest BCUT2D eigenvalue weighted by Gasteiger charge is 2.35. The Bertz CT molecular complexity index is 373. The number of carboxylic acid groups (broad SMARTS) is 1. The predicted molar refractivity (Wildman–Crippen MR) is 70.1 cm³/mol. The second-order valence-corrected chi connectivity index (χ2v) is 4.80. The number of aliphatic carboxylic acids is 1. The standard InChI is InChI=1S/C14H21NO3/c1-4-15(9-10(2)3)13(16)11-7-5-6-8-12(11)14(17)18/h5-6,11-12H,2,4,7-9H2,1,3H3,(H,17,18)/t11-,12+/m1/s1. The Morgan fingerprint density at radius 3 is 2.33 bits per heavy atom. The van der Waals surface area contributed by atoms with E-state index >= 15 is 0 Å². The molecule has 0 saturated carbocycles. The Hall–Kier alpha value is -1.58. The molecule has 1 aliphatic rings. The molecule has 4 nitrogen and oxygen atoms in total. The summed E-state index contributed by atoms with van der Waals surface area (Å²) in [6.07, 6.45) is 4.70. The summed E-state index contributed by atoms with van der Waals surface area (Å²) in [4.78, 5) is 25.2. The van der Waals surface area contributed by atoms with Crippen LogP contribution < -0.4 is 0 Å². The topological polar surface area (TPSA) is 57.6 Å². The maximum Gasteiger partial charge on any atom is 0.307 e. The summed E-state index contributed by atoms with van der Waals surface area (Å²) in [6, 6.07) is 0. The molecular weight excluding hydrogens is 230 g/mol. The van der Waals surface area contributed by atoms with Gasteiger partial charge in [-0.25, -0.2) is 0 Å². The van der Waals surface area contributed by atoms with Crippen molar-refractivity contribution in [3.63, 3.8) is 0 Å². The van der Waals surface area contributed by atoms with E-state index in [4.69, 9.17) is 0 Å². The van der Waals surface area contributed by atoms with Gasteiger partial charge in [0.25, 0.3) is 0 Å². The maximum absolute atomic E-state index is 12.4. The van der Waals surface area contributed by atoms with Gasteiger partial charge in [-0.3, -0.25) is 9.59 Å². The molecule has 0 saturated heterocycles. The SMILES string of the molecule is C=C(C)CN(CC)C(=O)[C@@H]1CC=CC[C@@H]1C(=O)O. The van der Waals surface area contributed by atoms with Gasteiger partial charge >= 0.3 is 5.97 Å². The molecule has 0 unspecified atom stereocenters. The number of amides is 1. The molecule has 2 atom stereocenters. The van der Waals surface area contributed by atoms with Gasteiger partial charge in [-0.2, -0.15) is 0 Å². The van der Waals surface area contributed by atoms with Crippen molar-refractivity contribution in [3.05, 3.63) is 24.3 Å². The lowest BCUT2D eigenvalue weighted by Crippen LogP contribution is -2.42. The number of carboxylic acids is 1. The van der Waals surface area contributed by atoms with Crippen molar-refractivity contribution in [2.24, 2.45) is 11.8 Å². The van der Waals surface area contributed by atoms with E-state index in [2.05, 4.69) is 6.58 Å². The van der Waals surface area contributed by atoms with Crippen LogP contribution in [0.15, 0.2) is 24.3 Å². The fourth-order valence-corrected chi connectivity index (χ4v) is 2.27. The quantitative estimate of drug-likeness (QED) is 0.761. The zero-order valence-electron chi connectivity index (χ0n) is 11.1. The molecule has 0 aromatic rings. The van der Waals surface area contributed by atoms with Gasteiger partial charge in [-0.15, -0.1) is 0 Å². The molecule has 1 rings (SSSR count). The van der Waals surface area contributed by atoms with Crippen LogP contribution in [-0.2, 0) is 9.59 Å². The minimum atomic E-state index is -0.885. The summed E-state index contributed by atoms with van der Waals surface area (Å²) in [5, 5.41) is 9.17. The fraction of sp³-hybridized carbons (Fsp3) is 0.571. The number of likely N-dealkylation sites (N-methyl/N-ethyl adjacent to an activating group) is 1. The van der Waals surface area contributed by atoms with E-state index in [1.54, 1.807) is 4.90 Å². The number of allylic oxidation sites excluding steroid dienone is 2. The van der Waals surface area contributed by atoms with E-state index in [1.165, 1.54) is 0 Å². The summed E-state index contributed by atoms with van der Waals surface area (Å²) in [5.74, 6) is -1.99. The monoisotopic (exact) mass is 251 g/mol. The zero-order valence-corrected chi connectivity index (χ0v) is 11.1. The molecule has 0 bridgehead atoms.